The molecule has 0 bridgehead atoms. The molecule has 4 N–H and O–H groups in total. The monoisotopic (exact) mass is 310 g/mol. The summed E-state index contributed by atoms with van der Waals surface area (Å²) in [5.74, 6) is 0.771. The number of phenols is 1. The standard InChI is InChI=1S/C17H18N4O2/c1-3-13-14(17(18)19)15(16-10(2)8-9-23-16)21(20-13)11-4-6-12(22)7-5-11/h4-9,22H,3H2,1-2H3,(H3,18,19). The van der Waals surface area contributed by atoms with Gasteiger partial charge in [0.25, 0.3) is 0 Å². The van der Waals surface area contributed by atoms with Crippen molar-refractivity contribution in [2.75, 3.05) is 0 Å². The summed E-state index contributed by atoms with van der Waals surface area (Å²) in [4.78, 5) is 0. The minimum Gasteiger partial charge on any atom is -0.508 e. The predicted molar refractivity (Wildman–Crippen MR) is 88.1 cm³/mol. The van der Waals surface area contributed by atoms with Crippen molar-refractivity contribution in [2.45, 2.75) is 20.3 Å². The number of aryl methyl sites for hydroxylation is 2. The van der Waals surface area contributed by atoms with Crippen LogP contribution in [0.1, 0.15) is 23.7 Å². The second kappa shape index (κ2) is 5.64. The van der Waals surface area contributed by atoms with Gasteiger partial charge in [0.2, 0.25) is 0 Å². The molecule has 6 heteroatoms. The van der Waals surface area contributed by atoms with Gasteiger partial charge in [0, 0.05) is 0 Å². The van der Waals surface area contributed by atoms with Gasteiger partial charge in [-0.2, -0.15) is 5.10 Å². The highest BCUT2D eigenvalue weighted by Crippen LogP contribution is 2.32. The zero-order chi connectivity index (χ0) is 16.6. The molecule has 0 saturated heterocycles. The molecule has 2 heterocycles. The number of aromatic nitrogens is 2. The van der Waals surface area contributed by atoms with Crippen molar-refractivity contribution in [2.24, 2.45) is 5.73 Å². The third kappa shape index (κ3) is 2.48. The molecular formula is C17H18N4O2. The van der Waals surface area contributed by atoms with Crippen LogP contribution in [0.25, 0.3) is 17.1 Å². The molecule has 1 aromatic carbocycles. The van der Waals surface area contributed by atoms with Crippen molar-refractivity contribution < 1.29 is 9.52 Å². The number of benzene rings is 1. The molecule has 0 aliphatic heterocycles. The second-order valence-corrected chi connectivity index (χ2v) is 5.30. The Morgan fingerprint density at radius 1 is 1.30 bits per heavy atom. The minimum absolute atomic E-state index is 0.0438. The van der Waals surface area contributed by atoms with Crippen LogP contribution in [0, 0.1) is 12.3 Å². The number of nitrogens with one attached hydrogen (secondary N) is 1. The summed E-state index contributed by atoms with van der Waals surface area (Å²) in [6.45, 7) is 3.90. The molecule has 118 valence electrons. The topological polar surface area (TPSA) is 101 Å². The third-order valence-corrected chi connectivity index (χ3v) is 3.73. The molecule has 0 atom stereocenters. The fourth-order valence-electron chi connectivity index (χ4n) is 2.60. The van der Waals surface area contributed by atoms with E-state index in [4.69, 9.17) is 15.6 Å². The largest absolute Gasteiger partial charge is 0.508 e. The lowest BCUT2D eigenvalue weighted by molar-refractivity contribution is 0.475. The number of furan rings is 1. The fourth-order valence-corrected chi connectivity index (χ4v) is 2.60. The van der Waals surface area contributed by atoms with Crippen LogP contribution in [0.15, 0.2) is 41.0 Å². The molecule has 0 spiro atoms. The van der Waals surface area contributed by atoms with Crippen LogP contribution >= 0.6 is 0 Å². The molecule has 6 nitrogen and oxygen atoms in total. The summed E-state index contributed by atoms with van der Waals surface area (Å²) >= 11 is 0. The van der Waals surface area contributed by atoms with Gasteiger partial charge in [-0.15, -0.1) is 0 Å². The number of hydrogen-bond donors (Lipinski definition) is 3. The molecule has 0 radical (unpaired) electrons. The van der Waals surface area contributed by atoms with E-state index in [0.717, 1.165) is 16.9 Å². The van der Waals surface area contributed by atoms with E-state index in [9.17, 15) is 5.11 Å². The van der Waals surface area contributed by atoms with Crippen LogP contribution in [0.4, 0.5) is 0 Å². The lowest BCUT2D eigenvalue weighted by atomic mass is 10.1. The van der Waals surface area contributed by atoms with Gasteiger partial charge in [0.1, 0.15) is 17.3 Å². The van der Waals surface area contributed by atoms with Gasteiger partial charge in [-0.3, -0.25) is 5.41 Å². The van der Waals surface area contributed by atoms with E-state index in [1.165, 1.54) is 0 Å². The molecule has 3 aromatic rings. The first kappa shape index (κ1) is 14.9. The highest BCUT2D eigenvalue weighted by atomic mass is 16.3. The first-order chi connectivity index (χ1) is 11.0. The van der Waals surface area contributed by atoms with E-state index in [2.05, 4.69) is 5.10 Å². The molecule has 0 aliphatic carbocycles. The first-order valence-electron chi connectivity index (χ1n) is 7.33. The van der Waals surface area contributed by atoms with Gasteiger partial charge >= 0.3 is 0 Å². The number of phenolic OH excluding ortho intramolecular Hbond substituents is 1. The van der Waals surface area contributed by atoms with Crippen molar-refractivity contribution in [3.8, 4) is 22.9 Å². The van der Waals surface area contributed by atoms with Gasteiger partial charge < -0.3 is 15.3 Å². The van der Waals surface area contributed by atoms with Crippen molar-refractivity contribution in [1.29, 1.82) is 5.41 Å². The Kier molecular flexibility index (Phi) is 3.65. The van der Waals surface area contributed by atoms with Gasteiger partial charge in [-0.1, -0.05) is 6.92 Å². The molecular weight excluding hydrogens is 292 g/mol. The molecule has 23 heavy (non-hydrogen) atoms. The summed E-state index contributed by atoms with van der Waals surface area (Å²) in [5.41, 5.74) is 9.48. The molecule has 0 fully saturated rings. The van der Waals surface area contributed by atoms with Crippen LogP contribution in [0.3, 0.4) is 0 Å². The van der Waals surface area contributed by atoms with Crippen LogP contribution in [0.5, 0.6) is 5.75 Å². The van der Waals surface area contributed by atoms with Gasteiger partial charge in [-0.05, 0) is 49.2 Å². The summed E-state index contributed by atoms with van der Waals surface area (Å²) in [6, 6.07) is 8.56. The maximum absolute atomic E-state index is 9.49. The van der Waals surface area contributed by atoms with Crippen LogP contribution in [-0.4, -0.2) is 20.7 Å². The molecule has 0 saturated carbocycles. The quantitative estimate of drug-likeness (QED) is 0.509. The van der Waals surface area contributed by atoms with Crippen molar-refractivity contribution in [3.05, 3.63) is 53.4 Å². The van der Waals surface area contributed by atoms with E-state index in [-0.39, 0.29) is 11.6 Å². The third-order valence-electron chi connectivity index (χ3n) is 3.73. The number of rotatable bonds is 4. The number of hydrogen-bond acceptors (Lipinski definition) is 4. The maximum atomic E-state index is 9.49. The average molecular weight is 310 g/mol. The molecule has 0 amide bonds. The first-order valence-corrected chi connectivity index (χ1v) is 7.33. The summed E-state index contributed by atoms with van der Waals surface area (Å²) in [7, 11) is 0. The van der Waals surface area contributed by atoms with Crippen LogP contribution in [0.2, 0.25) is 0 Å². The normalized spacial score (nSPS) is 10.9. The van der Waals surface area contributed by atoms with Gasteiger partial charge in [0.15, 0.2) is 5.76 Å². The lowest BCUT2D eigenvalue weighted by Gasteiger charge is -2.08. The Labute approximate surface area is 133 Å². The Bertz CT molecular complexity index is 859. The summed E-state index contributed by atoms with van der Waals surface area (Å²) in [5, 5.41) is 22.0. The fraction of sp³-hybridized carbons (Fsp3) is 0.176. The Morgan fingerprint density at radius 2 is 2.00 bits per heavy atom. The number of nitrogen functional groups attached to an aromatic ring is 1. The Hall–Kier alpha value is -3.02. The van der Waals surface area contributed by atoms with E-state index in [0.29, 0.717) is 23.4 Å². The number of nitrogens with two attached hydrogens (primary N) is 1. The van der Waals surface area contributed by atoms with E-state index < -0.39 is 0 Å². The number of amidine groups is 1. The molecule has 0 aliphatic rings. The van der Waals surface area contributed by atoms with Gasteiger partial charge in [0.05, 0.1) is 23.2 Å². The number of nitrogens with zero attached hydrogens (tertiary/aromatic N) is 2. The maximum Gasteiger partial charge on any atom is 0.156 e. The smallest absolute Gasteiger partial charge is 0.156 e. The zero-order valence-corrected chi connectivity index (χ0v) is 13.0. The van der Waals surface area contributed by atoms with Crippen molar-refractivity contribution >= 4 is 5.84 Å². The van der Waals surface area contributed by atoms with Crippen molar-refractivity contribution in [1.82, 2.24) is 9.78 Å². The lowest BCUT2D eigenvalue weighted by Crippen LogP contribution is -2.14. The molecule has 2 aromatic heterocycles. The average Bonchev–Trinajstić information content (AvgIpc) is 3.10. The highest BCUT2D eigenvalue weighted by Gasteiger charge is 2.24. The molecule has 0 unspecified atom stereocenters. The summed E-state index contributed by atoms with van der Waals surface area (Å²) in [6.07, 6.45) is 2.25. The number of aromatic hydroxyl groups is 1. The van der Waals surface area contributed by atoms with E-state index >= 15 is 0 Å². The minimum atomic E-state index is -0.0438. The van der Waals surface area contributed by atoms with Crippen molar-refractivity contribution in [3.63, 3.8) is 0 Å². The zero-order valence-electron chi connectivity index (χ0n) is 13.0. The Morgan fingerprint density at radius 3 is 2.52 bits per heavy atom. The summed E-state index contributed by atoms with van der Waals surface area (Å²) < 4.78 is 7.33. The second-order valence-electron chi connectivity index (χ2n) is 5.30. The van der Waals surface area contributed by atoms with Crippen LogP contribution in [-0.2, 0) is 6.42 Å². The van der Waals surface area contributed by atoms with Gasteiger partial charge in [-0.25, -0.2) is 4.68 Å². The predicted octanol–water partition coefficient (Wildman–Crippen LogP) is 2.99. The highest BCUT2D eigenvalue weighted by molar-refractivity contribution is 6.02. The van der Waals surface area contributed by atoms with E-state index in [1.54, 1.807) is 35.2 Å². The van der Waals surface area contributed by atoms with E-state index in [1.807, 2.05) is 19.9 Å². The Balaban J connectivity index is 2.33. The molecule has 3 rings (SSSR count). The van der Waals surface area contributed by atoms with Crippen LogP contribution < -0.4 is 5.73 Å². The SMILES string of the molecule is CCc1nn(-c2ccc(O)cc2)c(-c2occc2C)c1C(=N)N.